The number of amides is 1. The summed E-state index contributed by atoms with van der Waals surface area (Å²) in [7, 11) is 0. The lowest BCUT2D eigenvalue weighted by Crippen LogP contribution is -2.33. The van der Waals surface area contributed by atoms with E-state index in [4.69, 9.17) is 11.6 Å². The first-order chi connectivity index (χ1) is 9.42. The molecule has 0 spiro atoms. The first kappa shape index (κ1) is 16.7. The Labute approximate surface area is 126 Å². The molecular weight excluding hydrogens is 272 g/mol. The minimum absolute atomic E-state index is 0.0145. The summed E-state index contributed by atoms with van der Waals surface area (Å²) in [4.78, 5) is 14.2. The number of carbonyl (C=O) groups excluding carboxylic acids is 1. The van der Waals surface area contributed by atoms with E-state index in [9.17, 15) is 4.79 Å². The molecule has 0 saturated heterocycles. The molecule has 1 aromatic rings. The van der Waals surface area contributed by atoms with E-state index >= 15 is 0 Å². The monoisotopic (exact) mass is 294 g/mol. The van der Waals surface area contributed by atoms with Crippen molar-refractivity contribution in [1.29, 1.82) is 0 Å². The largest absolute Gasteiger partial charge is 0.325 e. The fourth-order valence-electron chi connectivity index (χ4n) is 1.74. The van der Waals surface area contributed by atoms with Crippen molar-refractivity contribution in [2.75, 3.05) is 25.0 Å². The van der Waals surface area contributed by atoms with Crippen LogP contribution >= 0.6 is 11.6 Å². The summed E-state index contributed by atoms with van der Waals surface area (Å²) in [5.74, 6) is -0.0145. The Kier molecular flexibility index (Phi) is 6.76. The molecule has 0 bridgehead atoms. The molecule has 20 heavy (non-hydrogen) atoms. The molecule has 0 heterocycles. The molecule has 0 aliphatic heterocycles. The topological polar surface area (TPSA) is 32.3 Å². The van der Waals surface area contributed by atoms with Gasteiger partial charge in [0.05, 0.1) is 6.54 Å². The van der Waals surface area contributed by atoms with Crippen LogP contribution in [0.2, 0.25) is 5.02 Å². The van der Waals surface area contributed by atoms with Gasteiger partial charge in [-0.3, -0.25) is 9.69 Å². The number of benzene rings is 1. The molecule has 0 aromatic heterocycles. The second-order valence-corrected chi connectivity index (χ2v) is 5.55. The van der Waals surface area contributed by atoms with Crippen molar-refractivity contribution in [3.8, 4) is 0 Å². The molecule has 1 aromatic carbocycles. The number of rotatable bonds is 6. The zero-order valence-corrected chi connectivity index (χ0v) is 13.4. The summed E-state index contributed by atoms with van der Waals surface area (Å²) in [6, 6.07) is 5.50. The number of halogens is 1. The normalized spacial score (nSPS) is 10.5. The Morgan fingerprint density at radius 3 is 2.70 bits per heavy atom. The molecular formula is C16H23ClN2O. The molecule has 0 aliphatic rings. The van der Waals surface area contributed by atoms with Gasteiger partial charge >= 0.3 is 0 Å². The SMILES string of the molecule is CCN(CC=C(C)C)CC(=O)Nc1cc(Cl)ccc1C. The second kappa shape index (κ2) is 8.08. The van der Waals surface area contributed by atoms with Crippen LogP contribution in [0.5, 0.6) is 0 Å². The van der Waals surface area contributed by atoms with E-state index in [1.165, 1.54) is 5.57 Å². The number of allylic oxidation sites excluding steroid dienone is 1. The molecule has 3 nitrogen and oxygen atoms in total. The molecule has 0 unspecified atom stereocenters. The minimum atomic E-state index is -0.0145. The second-order valence-electron chi connectivity index (χ2n) is 5.12. The number of hydrogen-bond acceptors (Lipinski definition) is 2. The number of nitrogens with zero attached hydrogens (tertiary/aromatic N) is 1. The average Bonchev–Trinajstić information content (AvgIpc) is 2.38. The molecule has 0 atom stereocenters. The number of carbonyl (C=O) groups is 1. The first-order valence-corrected chi connectivity index (χ1v) is 7.22. The van der Waals surface area contributed by atoms with E-state index in [2.05, 4.69) is 37.1 Å². The molecule has 110 valence electrons. The van der Waals surface area contributed by atoms with E-state index in [1.807, 2.05) is 19.1 Å². The lowest BCUT2D eigenvalue weighted by molar-refractivity contribution is -0.117. The summed E-state index contributed by atoms with van der Waals surface area (Å²) >= 11 is 5.95. The summed E-state index contributed by atoms with van der Waals surface area (Å²) in [5, 5.41) is 3.55. The number of hydrogen-bond donors (Lipinski definition) is 1. The average molecular weight is 295 g/mol. The molecule has 4 heteroatoms. The van der Waals surface area contributed by atoms with Gasteiger partial charge in [0, 0.05) is 17.3 Å². The Balaban J connectivity index is 2.62. The van der Waals surface area contributed by atoms with Gasteiger partial charge in [0.1, 0.15) is 0 Å². The molecule has 1 N–H and O–H groups in total. The number of nitrogens with one attached hydrogen (secondary N) is 1. The third-order valence-electron chi connectivity index (χ3n) is 3.05. The standard InChI is InChI=1S/C16H23ClN2O/c1-5-19(9-8-12(2)3)11-16(20)18-15-10-14(17)7-6-13(15)4/h6-8,10H,5,9,11H2,1-4H3,(H,18,20). The van der Waals surface area contributed by atoms with E-state index < -0.39 is 0 Å². The molecule has 1 amide bonds. The van der Waals surface area contributed by atoms with Crippen molar-refractivity contribution in [3.05, 3.63) is 40.4 Å². The zero-order chi connectivity index (χ0) is 15.1. The molecule has 0 saturated carbocycles. The van der Waals surface area contributed by atoms with Gasteiger partial charge < -0.3 is 5.32 Å². The maximum atomic E-state index is 12.1. The molecule has 1 rings (SSSR count). The van der Waals surface area contributed by atoms with Crippen molar-refractivity contribution in [2.45, 2.75) is 27.7 Å². The Hall–Kier alpha value is -1.32. The van der Waals surface area contributed by atoms with Crippen LogP contribution < -0.4 is 5.32 Å². The Morgan fingerprint density at radius 1 is 1.40 bits per heavy atom. The van der Waals surface area contributed by atoms with Gasteiger partial charge in [-0.15, -0.1) is 0 Å². The summed E-state index contributed by atoms with van der Waals surface area (Å²) in [5.41, 5.74) is 3.05. The van der Waals surface area contributed by atoms with Crippen LogP contribution in [0.3, 0.4) is 0 Å². The molecule has 0 radical (unpaired) electrons. The van der Waals surface area contributed by atoms with Gasteiger partial charge in [-0.2, -0.15) is 0 Å². The Morgan fingerprint density at radius 2 is 2.10 bits per heavy atom. The highest BCUT2D eigenvalue weighted by Crippen LogP contribution is 2.20. The van der Waals surface area contributed by atoms with Gasteiger partial charge in [0.15, 0.2) is 0 Å². The van der Waals surface area contributed by atoms with Crippen molar-refractivity contribution >= 4 is 23.2 Å². The van der Waals surface area contributed by atoms with E-state index in [0.29, 0.717) is 11.6 Å². The van der Waals surface area contributed by atoms with Gasteiger partial charge in [-0.25, -0.2) is 0 Å². The first-order valence-electron chi connectivity index (χ1n) is 6.84. The van der Waals surface area contributed by atoms with E-state index in [1.54, 1.807) is 6.07 Å². The number of aryl methyl sites for hydroxylation is 1. The highest BCUT2D eigenvalue weighted by Gasteiger charge is 2.09. The Bertz CT molecular complexity index is 493. The maximum absolute atomic E-state index is 12.1. The molecule has 0 fully saturated rings. The van der Waals surface area contributed by atoms with Crippen molar-refractivity contribution < 1.29 is 4.79 Å². The van der Waals surface area contributed by atoms with Gasteiger partial charge in [0.2, 0.25) is 5.91 Å². The zero-order valence-electron chi connectivity index (χ0n) is 12.7. The van der Waals surface area contributed by atoms with Crippen molar-refractivity contribution in [1.82, 2.24) is 4.90 Å². The summed E-state index contributed by atoms with van der Waals surface area (Å²) in [6.45, 7) is 10.1. The highest BCUT2D eigenvalue weighted by atomic mass is 35.5. The number of anilines is 1. The van der Waals surface area contributed by atoms with Crippen LogP contribution in [0.4, 0.5) is 5.69 Å². The van der Waals surface area contributed by atoms with Crippen LogP contribution in [0.15, 0.2) is 29.8 Å². The number of likely N-dealkylation sites (N-methyl/N-ethyl adjacent to an activating group) is 1. The van der Waals surface area contributed by atoms with Crippen LogP contribution in [-0.2, 0) is 4.79 Å². The fraction of sp³-hybridized carbons (Fsp3) is 0.438. The predicted molar refractivity (Wildman–Crippen MR) is 86.4 cm³/mol. The highest BCUT2D eigenvalue weighted by molar-refractivity contribution is 6.31. The van der Waals surface area contributed by atoms with Crippen LogP contribution in [0.1, 0.15) is 26.3 Å². The quantitative estimate of drug-likeness (QED) is 0.808. The third kappa shape index (κ3) is 5.76. The van der Waals surface area contributed by atoms with Gasteiger partial charge in [-0.05, 0) is 45.0 Å². The lowest BCUT2D eigenvalue weighted by Gasteiger charge is -2.18. The van der Waals surface area contributed by atoms with Gasteiger partial charge in [-0.1, -0.05) is 36.2 Å². The van der Waals surface area contributed by atoms with Crippen molar-refractivity contribution in [2.24, 2.45) is 0 Å². The fourth-order valence-corrected chi connectivity index (χ4v) is 1.91. The summed E-state index contributed by atoms with van der Waals surface area (Å²) in [6.07, 6.45) is 2.13. The lowest BCUT2D eigenvalue weighted by atomic mass is 10.2. The van der Waals surface area contributed by atoms with E-state index in [-0.39, 0.29) is 5.91 Å². The van der Waals surface area contributed by atoms with E-state index in [0.717, 1.165) is 24.3 Å². The van der Waals surface area contributed by atoms with Gasteiger partial charge in [0.25, 0.3) is 0 Å². The van der Waals surface area contributed by atoms with Crippen LogP contribution in [0.25, 0.3) is 0 Å². The molecule has 0 aliphatic carbocycles. The minimum Gasteiger partial charge on any atom is -0.325 e. The van der Waals surface area contributed by atoms with Crippen molar-refractivity contribution in [3.63, 3.8) is 0 Å². The van der Waals surface area contributed by atoms with Crippen LogP contribution in [0, 0.1) is 6.92 Å². The summed E-state index contributed by atoms with van der Waals surface area (Å²) < 4.78 is 0. The third-order valence-corrected chi connectivity index (χ3v) is 3.28. The van der Waals surface area contributed by atoms with Crippen LogP contribution in [-0.4, -0.2) is 30.4 Å². The smallest absolute Gasteiger partial charge is 0.238 e. The predicted octanol–water partition coefficient (Wildman–Crippen LogP) is 3.88. The maximum Gasteiger partial charge on any atom is 0.238 e.